The lowest BCUT2D eigenvalue weighted by Crippen LogP contribution is -2.23. The van der Waals surface area contributed by atoms with E-state index in [-0.39, 0.29) is 5.56 Å². The number of rotatable bonds is 3. The van der Waals surface area contributed by atoms with Crippen LogP contribution < -0.4 is 15.2 Å². The number of nitrogens with one attached hydrogen (secondary N) is 1. The molecule has 0 spiro atoms. The van der Waals surface area contributed by atoms with E-state index >= 15 is 0 Å². The van der Waals surface area contributed by atoms with E-state index < -0.39 is 0 Å². The van der Waals surface area contributed by atoms with E-state index in [1.807, 2.05) is 0 Å². The molecule has 0 radical (unpaired) electrons. The Hall–Kier alpha value is -2.01. The smallest absolute Gasteiger partial charge is 0.274 e. The van der Waals surface area contributed by atoms with Gasteiger partial charge in [0, 0.05) is 23.7 Å². The van der Waals surface area contributed by atoms with Crippen molar-refractivity contribution < 1.29 is 4.74 Å². The Morgan fingerprint density at radius 3 is 2.81 bits per heavy atom. The number of methoxy groups -OCH3 is 1. The van der Waals surface area contributed by atoms with Crippen molar-refractivity contribution in [1.29, 1.82) is 0 Å². The van der Waals surface area contributed by atoms with Crippen LogP contribution in [0, 0.1) is 0 Å². The predicted octanol–water partition coefficient (Wildman–Crippen LogP) is 2.70. The van der Waals surface area contributed by atoms with E-state index in [2.05, 4.69) is 15.1 Å². The average molecular weight is 306 g/mol. The molecule has 6 heteroatoms. The van der Waals surface area contributed by atoms with Crippen molar-refractivity contribution in [3.8, 4) is 16.9 Å². The van der Waals surface area contributed by atoms with Crippen molar-refractivity contribution in [1.82, 2.24) is 10.2 Å². The SMILES string of the molecule is COc1ccc(Cl)cc1-c1c(N2CCCC2)cn[nH]c1=O. The van der Waals surface area contributed by atoms with Gasteiger partial charge in [0.1, 0.15) is 5.75 Å². The molecule has 0 aliphatic carbocycles. The fourth-order valence-electron chi connectivity index (χ4n) is 2.72. The van der Waals surface area contributed by atoms with Gasteiger partial charge in [0.15, 0.2) is 0 Å². The molecule has 1 aliphatic rings. The van der Waals surface area contributed by atoms with E-state index in [0.717, 1.165) is 31.6 Å². The van der Waals surface area contributed by atoms with Crippen LogP contribution in [0.2, 0.25) is 5.02 Å². The van der Waals surface area contributed by atoms with Crippen LogP contribution in [0.5, 0.6) is 5.75 Å². The molecule has 110 valence electrons. The lowest BCUT2D eigenvalue weighted by atomic mass is 10.0. The minimum atomic E-state index is -0.236. The minimum Gasteiger partial charge on any atom is -0.496 e. The van der Waals surface area contributed by atoms with Gasteiger partial charge in [-0.25, -0.2) is 5.10 Å². The monoisotopic (exact) mass is 305 g/mol. The zero-order chi connectivity index (χ0) is 14.8. The molecular weight excluding hydrogens is 290 g/mol. The third-order valence-electron chi connectivity index (χ3n) is 3.71. The van der Waals surface area contributed by atoms with Gasteiger partial charge in [0.25, 0.3) is 5.56 Å². The first-order chi connectivity index (χ1) is 10.2. The van der Waals surface area contributed by atoms with Crippen molar-refractivity contribution in [2.24, 2.45) is 0 Å². The Morgan fingerprint density at radius 1 is 1.33 bits per heavy atom. The molecular formula is C15H16ClN3O2. The molecule has 0 bridgehead atoms. The Kier molecular flexibility index (Phi) is 3.84. The number of anilines is 1. The first-order valence-electron chi connectivity index (χ1n) is 6.87. The molecule has 0 saturated carbocycles. The first-order valence-corrected chi connectivity index (χ1v) is 7.25. The molecule has 0 amide bonds. The quantitative estimate of drug-likeness (QED) is 0.947. The Labute approximate surface area is 127 Å². The second-order valence-electron chi connectivity index (χ2n) is 5.00. The van der Waals surface area contributed by atoms with Crippen molar-refractivity contribution in [2.45, 2.75) is 12.8 Å². The zero-order valence-corrected chi connectivity index (χ0v) is 12.5. The zero-order valence-electron chi connectivity index (χ0n) is 11.7. The molecule has 1 fully saturated rings. The molecule has 1 saturated heterocycles. The number of nitrogens with zero attached hydrogens (tertiary/aromatic N) is 2. The summed E-state index contributed by atoms with van der Waals surface area (Å²) in [6, 6.07) is 5.27. The van der Waals surface area contributed by atoms with Crippen LogP contribution in [-0.4, -0.2) is 30.4 Å². The maximum absolute atomic E-state index is 12.3. The largest absolute Gasteiger partial charge is 0.496 e. The summed E-state index contributed by atoms with van der Waals surface area (Å²) in [7, 11) is 1.58. The highest BCUT2D eigenvalue weighted by Crippen LogP contribution is 2.36. The molecule has 2 aromatic rings. The second kappa shape index (κ2) is 5.77. The van der Waals surface area contributed by atoms with Gasteiger partial charge >= 0.3 is 0 Å². The topological polar surface area (TPSA) is 58.2 Å². The molecule has 3 rings (SSSR count). The first kappa shape index (κ1) is 13.9. The summed E-state index contributed by atoms with van der Waals surface area (Å²) < 4.78 is 5.38. The summed E-state index contributed by atoms with van der Waals surface area (Å²) in [6.45, 7) is 1.86. The van der Waals surface area contributed by atoms with Gasteiger partial charge in [-0.1, -0.05) is 11.6 Å². The van der Waals surface area contributed by atoms with Gasteiger partial charge in [-0.15, -0.1) is 0 Å². The molecule has 1 aromatic carbocycles. The van der Waals surface area contributed by atoms with Gasteiger partial charge < -0.3 is 9.64 Å². The van der Waals surface area contributed by atoms with Crippen LogP contribution >= 0.6 is 11.6 Å². The van der Waals surface area contributed by atoms with E-state index in [9.17, 15) is 4.79 Å². The second-order valence-corrected chi connectivity index (χ2v) is 5.43. The number of hydrogen-bond acceptors (Lipinski definition) is 4. The summed E-state index contributed by atoms with van der Waals surface area (Å²) in [5, 5.41) is 7.01. The minimum absolute atomic E-state index is 0.236. The lowest BCUT2D eigenvalue weighted by Gasteiger charge is -2.21. The van der Waals surface area contributed by atoms with Crippen molar-refractivity contribution >= 4 is 17.3 Å². The van der Waals surface area contributed by atoms with E-state index in [4.69, 9.17) is 16.3 Å². The molecule has 0 atom stereocenters. The summed E-state index contributed by atoms with van der Waals surface area (Å²) in [5.41, 5.74) is 1.85. The highest BCUT2D eigenvalue weighted by molar-refractivity contribution is 6.31. The molecule has 5 nitrogen and oxygen atoms in total. The normalized spacial score (nSPS) is 14.5. The van der Waals surface area contributed by atoms with E-state index in [0.29, 0.717) is 21.9 Å². The standard InChI is InChI=1S/C15H16ClN3O2/c1-21-13-5-4-10(16)8-11(13)14-12(9-17-18-15(14)20)19-6-2-3-7-19/h4-5,8-9H,2-3,6-7H2,1H3,(H,18,20). The maximum Gasteiger partial charge on any atom is 0.274 e. The van der Waals surface area contributed by atoms with Crippen LogP contribution in [0.4, 0.5) is 5.69 Å². The average Bonchev–Trinajstić information content (AvgIpc) is 3.01. The molecule has 21 heavy (non-hydrogen) atoms. The van der Waals surface area contributed by atoms with Gasteiger partial charge in [-0.3, -0.25) is 4.79 Å². The molecule has 2 heterocycles. The Morgan fingerprint density at radius 2 is 2.10 bits per heavy atom. The highest BCUT2D eigenvalue weighted by atomic mass is 35.5. The molecule has 1 aliphatic heterocycles. The fourth-order valence-corrected chi connectivity index (χ4v) is 2.89. The number of halogens is 1. The number of aromatic nitrogens is 2. The van der Waals surface area contributed by atoms with Crippen molar-refractivity contribution in [3.05, 3.63) is 39.8 Å². The van der Waals surface area contributed by atoms with Crippen LogP contribution in [0.1, 0.15) is 12.8 Å². The molecule has 1 N–H and O–H groups in total. The number of hydrogen-bond donors (Lipinski definition) is 1. The molecule has 1 aromatic heterocycles. The third kappa shape index (κ3) is 2.61. The van der Waals surface area contributed by atoms with Crippen LogP contribution in [0.25, 0.3) is 11.1 Å². The van der Waals surface area contributed by atoms with Gasteiger partial charge in [0.05, 0.1) is 24.6 Å². The third-order valence-corrected chi connectivity index (χ3v) is 3.95. The van der Waals surface area contributed by atoms with Crippen LogP contribution in [-0.2, 0) is 0 Å². The van der Waals surface area contributed by atoms with E-state index in [1.54, 1.807) is 31.5 Å². The summed E-state index contributed by atoms with van der Waals surface area (Å²) in [5.74, 6) is 0.622. The lowest BCUT2D eigenvalue weighted by molar-refractivity contribution is 0.416. The number of ether oxygens (including phenoxy) is 1. The number of aromatic amines is 1. The number of benzene rings is 1. The Balaban J connectivity index is 2.22. The van der Waals surface area contributed by atoms with Crippen molar-refractivity contribution in [2.75, 3.05) is 25.1 Å². The summed E-state index contributed by atoms with van der Waals surface area (Å²) in [4.78, 5) is 14.5. The predicted molar refractivity (Wildman–Crippen MR) is 83.3 cm³/mol. The Bertz CT molecular complexity index is 708. The van der Waals surface area contributed by atoms with Crippen LogP contribution in [0.15, 0.2) is 29.2 Å². The van der Waals surface area contributed by atoms with Gasteiger partial charge in [-0.05, 0) is 31.0 Å². The summed E-state index contributed by atoms with van der Waals surface area (Å²) in [6.07, 6.45) is 3.94. The summed E-state index contributed by atoms with van der Waals surface area (Å²) >= 11 is 6.09. The fraction of sp³-hybridized carbons (Fsp3) is 0.333. The van der Waals surface area contributed by atoms with E-state index in [1.165, 1.54) is 0 Å². The van der Waals surface area contributed by atoms with Gasteiger partial charge in [0.2, 0.25) is 0 Å². The highest BCUT2D eigenvalue weighted by Gasteiger charge is 2.21. The maximum atomic E-state index is 12.3. The number of H-pyrrole nitrogens is 1. The van der Waals surface area contributed by atoms with Gasteiger partial charge in [-0.2, -0.15) is 5.10 Å². The van der Waals surface area contributed by atoms with Crippen molar-refractivity contribution in [3.63, 3.8) is 0 Å². The molecule has 0 unspecified atom stereocenters. The van der Waals surface area contributed by atoms with Crippen LogP contribution in [0.3, 0.4) is 0 Å².